The summed E-state index contributed by atoms with van der Waals surface area (Å²) in [7, 11) is 0. The SMILES string of the molecule is CCC(O)CCNC(=O)c1cc(N)ccc1Br. The Labute approximate surface area is 109 Å². The molecule has 17 heavy (non-hydrogen) atoms. The molecule has 94 valence electrons. The van der Waals surface area contributed by atoms with Gasteiger partial charge in [0.15, 0.2) is 0 Å². The van der Waals surface area contributed by atoms with Crippen LogP contribution in [0.4, 0.5) is 5.69 Å². The first kappa shape index (κ1) is 14.0. The Balaban J connectivity index is 2.55. The minimum Gasteiger partial charge on any atom is -0.399 e. The molecule has 4 nitrogen and oxygen atoms in total. The van der Waals surface area contributed by atoms with Gasteiger partial charge in [-0.25, -0.2) is 0 Å². The lowest BCUT2D eigenvalue weighted by Gasteiger charge is -2.10. The van der Waals surface area contributed by atoms with Crippen LogP contribution in [0.25, 0.3) is 0 Å². The maximum atomic E-state index is 11.8. The zero-order valence-electron chi connectivity index (χ0n) is 9.74. The van der Waals surface area contributed by atoms with Gasteiger partial charge in [-0.1, -0.05) is 6.92 Å². The summed E-state index contributed by atoms with van der Waals surface area (Å²) < 4.78 is 0.709. The van der Waals surface area contributed by atoms with Gasteiger partial charge in [-0.15, -0.1) is 0 Å². The third-order valence-electron chi connectivity index (χ3n) is 2.47. The molecule has 0 spiro atoms. The molecule has 0 heterocycles. The van der Waals surface area contributed by atoms with E-state index in [9.17, 15) is 9.90 Å². The maximum Gasteiger partial charge on any atom is 0.252 e. The van der Waals surface area contributed by atoms with Crippen LogP contribution in [0.2, 0.25) is 0 Å². The predicted octanol–water partition coefficient (Wildman–Crippen LogP) is 1.92. The molecule has 0 saturated heterocycles. The summed E-state index contributed by atoms with van der Waals surface area (Å²) in [6, 6.07) is 5.09. The van der Waals surface area contributed by atoms with Gasteiger partial charge in [-0.05, 0) is 47.0 Å². The molecule has 0 aliphatic heterocycles. The molecule has 1 rings (SSSR count). The lowest BCUT2D eigenvalue weighted by molar-refractivity contribution is 0.0941. The Kier molecular flexibility index (Phi) is 5.44. The van der Waals surface area contributed by atoms with Crippen molar-refractivity contribution in [1.82, 2.24) is 5.32 Å². The van der Waals surface area contributed by atoms with Crippen molar-refractivity contribution in [3.05, 3.63) is 28.2 Å². The summed E-state index contributed by atoms with van der Waals surface area (Å²) >= 11 is 3.30. The number of nitrogens with one attached hydrogen (secondary N) is 1. The minimum atomic E-state index is -0.361. The van der Waals surface area contributed by atoms with Gasteiger partial charge in [0, 0.05) is 16.7 Å². The Hall–Kier alpha value is -1.07. The Morgan fingerprint density at radius 2 is 2.29 bits per heavy atom. The highest BCUT2D eigenvalue weighted by Gasteiger charge is 2.10. The number of benzene rings is 1. The molecule has 1 unspecified atom stereocenters. The average molecular weight is 301 g/mol. The summed E-state index contributed by atoms with van der Waals surface area (Å²) in [5.41, 5.74) is 6.68. The Morgan fingerprint density at radius 3 is 2.94 bits per heavy atom. The van der Waals surface area contributed by atoms with Crippen LogP contribution in [-0.2, 0) is 0 Å². The topological polar surface area (TPSA) is 75.3 Å². The normalized spacial score (nSPS) is 12.2. The second-order valence-electron chi connectivity index (χ2n) is 3.85. The van der Waals surface area contributed by atoms with E-state index in [1.165, 1.54) is 0 Å². The number of rotatable bonds is 5. The van der Waals surface area contributed by atoms with Crippen molar-refractivity contribution < 1.29 is 9.90 Å². The first-order valence-electron chi connectivity index (χ1n) is 5.56. The number of carbonyl (C=O) groups is 1. The second kappa shape index (κ2) is 6.61. The molecule has 0 aromatic heterocycles. The minimum absolute atomic E-state index is 0.188. The van der Waals surface area contributed by atoms with Crippen molar-refractivity contribution in [2.45, 2.75) is 25.9 Å². The predicted molar refractivity (Wildman–Crippen MR) is 71.8 cm³/mol. The largest absolute Gasteiger partial charge is 0.399 e. The monoisotopic (exact) mass is 300 g/mol. The van der Waals surface area contributed by atoms with E-state index in [2.05, 4.69) is 21.2 Å². The van der Waals surface area contributed by atoms with E-state index in [0.717, 1.165) is 0 Å². The first-order chi connectivity index (χ1) is 8.04. The van der Waals surface area contributed by atoms with E-state index in [4.69, 9.17) is 5.73 Å². The smallest absolute Gasteiger partial charge is 0.252 e. The van der Waals surface area contributed by atoms with Crippen molar-refractivity contribution in [1.29, 1.82) is 0 Å². The van der Waals surface area contributed by atoms with Crippen LogP contribution in [0, 0.1) is 0 Å². The molecular formula is C12H17BrN2O2. The van der Waals surface area contributed by atoms with E-state index in [1.54, 1.807) is 18.2 Å². The quantitative estimate of drug-likeness (QED) is 0.727. The number of amides is 1. The maximum absolute atomic E-state index is 11.8. The van der Waals surface area contributed by atoms with Gasteiger partial charge in [-0.3, -0.25) is 4.79 Å². The van der Waals surface area contributed by atoms with Crippen LogP contribution in [0.5, 0.6) is 0 Å². The van der Waals surface area contributed by atoms with Crippen LogP contribution >= 0.6 is 15.9 Å². The molecule has 5 heteroatoms. The van der Waals surface area contributed by atoms with Gasteiger partial charge < -0.3 is 16.2 Å². The van der Waals surface area contributed by atoms with E-state index in [-0.39, 0.29) is 12.0 Å². The van der Waals surface area contributed by atoms with Crippen LogP contribution in [0.15, 0.2) is 22.7 Å². The lowest BCUT2D eigenvalue weighted by atomic mass is 10.1. The number of anilines is 1. The van der Waals surface area contributed by atoms with Crippen LogP contribution < -0.4 is 11.1 Å². The highest BCUT2D eigenvalue weighted by Crippen LogP contribution is 2.19. The summed E-state index contributed by atoms with van der Waals surface area (Å²) in [4.78, 5) is 11.8. The fourth-order valence-corrected chi connectivity index (χ4v) is 1.80. The summed E-state index contributed by atoms with van der Waals surface area (Å²) in [6.45, 7) is 2.36. The van der Waals surface area contributed by atoms with Crippen molar-refractivity contribution >= 4 is 27.5 Å². The lowest BCUT2D eigenvalue weighted by Crippen LogP contribution is -2.27. The van der Waals surface area contributed by atoms with Gasteiger partial charge in [0.05, 0.1) is 11.7 Å². The number of aliphatic hydroxyl groups is 1. The molecule has 1 aromatic carbocycles. The molecule has 1 amide bonds. The Morgan fingerprint density at radius 1 is 1.59 bits per heavy atom. The van der Waals surface area contributed by atoms with Gasteiger partial charge in [0.2, 0.25) is 0 Å². The molecule has 0 fully saturated rings. The van der Waals surface area contributed by atoms with Crippen LogP contribution in [-0.4, -0.2) is 23.7 Å². The number of aliphatic hydroxyl groups excluding tert-OH is 1. The summed E-state index contributed by atoms with van der Waals surface area (Å²) in [5.74, 6) is -0.188. The number of hydrogen-bond donors (Lipinski definition) is 3. The van der Waals surface area contributed by atoms with Crippen molar-refractivity contribution in [3.8, 4) is 0 Å². The van der Waals surface area contributed by atoms with Gasteiger partial charge in [0.25, 0.3) is 5.91 Å². The van der Waals surface area contributed by atoms with Crippen molar-refractivity contribution in [3.63, 3.8) is 0 Å². The molecule has 4 N–H and O–H groups in total. The number of nitrogen functional groups attached to an aromatic ring is 1. The van der Waals surface area contributed by atoms with Crippen molar-refractivity contribution in [2.75, 3.05) is 12.3 Å². The molecule has 0 radical (unpaired) electrons. The van der Waals surface area contributed by atoms with Gasteiger partial charge in [-0.2, -0.15) is 0 Å². The molecule has 0 aliphatic rings. The fourth-order valence-electron chi connectivity index (χ4n) is 1.37. The van der Waals surface area contributed by atoms with Crippen molar-refractivity contribution in [2.24, 2.45) is 0 Å². The van der Waals surface area contributed by atoms with Gasteiger partial charge >= 0.3 is 0 Å². The van der Waals surface area contributed by atoms with Crippen LogP contribution in [0.3, 0.4) is 0 Å². The molecule has 0 saturated carbocycles. The third-order valence-corrected chi connectivity index (χ3v) is 3.16. The first-order valence-corrected chi connectivity index (χ1v) is 6.35. The third kappa shape index (κ3) is 4.36. The standard InChI is InChI=1S/C12H17BrN2O2/c1-2-9(16)5-6-15-12(17)10-7-8(14)3-4-11(10)13/h3-4,7,9,16H,2,5-6,14H2,1H3,(H,15,17). The second-order valence-corrected chi connectivity index (χ2v) is 4.70. The number of nitrogens with two attached hydrogens (primary N) is 1. The zero-order chi connectivity index (χ0) is 12.8. The highest BCUT2D eigenvalue weighted by molar-refractivity contribution is 9.10. The number of carbonyl (C=O) groups excluding carboxylic acids is 1. The zero-order valence-corrected chi connectivity index (χ0v) is 11.3. The Bertz CT molecular complexity index is 396. The van der Waals surface area contributed by atoms with E-state index in [1.807, 2.05) is 6.92 Å². The van der Waals surface area contributed by atoms with Gasteiger partial charge in [0.1, 0.15) is 0 Å². The van der Waals surface area contributed by atoms with E-state index < -0.39 is 0 Å². The van der Waals surface area contributed by atoms with E-state index >= 15 is 0 Å². The highest BCUT2D eigenvalue weighted by atomic mass is 79.9. The summed E-state index contributed by atoms with van der Waals surface area (Å²) in [5, 5.41) is 12.1. The molecule has 0 aliphatic carbocycles. The molecule has 1 aromatic rings. The summed E-state index contributed by atoms with van der Waals surface area (Å²) in [6.07, 6.45) is 0.889. The van der Waals surface area contributed by atoms with Crippen LogP contribution in [0.1, 0.15) is 30.1 Å². The number of halogens is 1. The molecule has 0 bridgehead atoms. The average Bonchev–Trinajstić information content (AvgIpc) is 2.31. The molecular weight excluding hydrogens is 284 g/mol. The fraction of sp³-hybridized carbons (Fsp3) is 0.417. The number of hydrogen-bond acceptors (Lipinski definition) is 3. The molecule has 1 atom stereocenters. The van der Waals surface area contributed by atoms with E-state index in [0.29, 0.717) is 35.1 Å².